The molecule has 0 aliphatic heterocycles. The molecule has 0 atom stereocenters. The number of aromatic carboxylic acids is 1. The number of para-hydroxylation sites is 1. The molecule has 0 radical (unpaired) electrons. The SMILES string of the molecule is N=c1c(C(N)=O)cc(Br)c(C(=O)O)n1-c1ccccc1. The van der Waals surface area contributed by atoms with Gasteiger partial charge in [0.2, 0.25) is 0 Å². The third-order valence-electron chi connectivity index (χ3n) is 2.68. The second-order valence-corrected chi connectivity index (χ2v) is 4.80. The highest BCUT2D eigenvalue weighted by Crippen LogP contribution is 2.19. The highest BCUT2D eigenvalue weighted by molar-refractivity contribution is 9.10. The molecule has 0 fully saturated rings. The molecule has 7 heteroatoms. The van der Waals surface area contributed by atoms with Crippen LogP contribution >= 0.6 is 15.9 Å². The summed E-state index contributed by atoms with van der Waals surface area (Å²) < 4.78 is 1.34. The van der Waals surface area contributed by atoms with E-state index >= 15 is 0 Å². The molecule has 2 rings (SSSR count). The number of nitrogens with two attached hydrogens (primary N) is 1. The van der Waals surface area contributed by atoms with Gasteiger partial charge in [0.15, 0.2) is 0 Å². The Hall–Kier alpha value is -2.41. The van der Waals surface area contributed by atoms with Crippen molar-refractivity contribution in [2.24, 2.45) is 5.73 Å². The van der Waals surface area contributed by atoms with Crippen molar-refractivity contribution in [3.63, 3.8) is 0 Å². The summed E-state index contributed by atoms with van der Waals surface area (Å²) in [7, 11) is 0. The number of halogens is 1. The van der Waals surface area contributed by atoms with E-state index in [1.165, 1.54) is 6.07 Å². The topological polar surface area (TPSA) is 109 Å². The number of hydrogen-bond donors (Lipinski definition) is 3. The zero-order valence-corrected chi connectivity index (χ0v) is 11.7. The molecule has 0 aliphatic rings. The van der Waals surface area contributed by atoms with Gasteiger partial charge >= 0.3 is 5.97 Å². The lowest BCUT2D eigenvalue weighted by Gasteiger charge is -2.14. The van der Waals surface area contributed by atoms with Crippen LogP contribution in [0.15, 0.2) is 40.9 Å². The van der Waals surface area contributed by atoms with E-state index in [-0.39, 0.29) is 21.2 Å². The molecule has 0 aliphatic carbocycles. The first-order chi connectivity index (χ1) is 9.43. The maximum atomic E-state index is 11.4. The molecule has 20 heavy (non-hydrogen) atoms. The standard InChI is InChI=1S/C13H10BrN3O3/c14-9-6-8(12(16)18)11(15)17(10(9)13(19)20)7-4-2-1-3-5-7/h1-6,15H,(H2,16,18)(H,19,20). The fraction of sp³-hybridized carbons (Fsp3) is 0. The van der Waals surface area contributed by atoms with Crippen molar-refractivity contribution in [3.8, 4) is 5.69 Å². The highest BCUT2D eigenvalue weighted by Gasteiger charge is 2.20. The Morgan fingerprint density at radius 2 is 1.85 bits per heavy atom. The van der Waals surface area contributed by atoms with Gasteiger partial charge in [-0.3, -0.25) is 14.8 Å². The van der Waals surface area contributed by atoms with Crippen molar-refractivity contribution in [2.45, 2.75) is 0 Å². The van der Waals surface area contributed by atoms with E-state index in [4.69, 9.17) is 11.1 Å². The van der Waals surface area contributed by atoms with Crippen LogP contribution in [0.2, 0.25) is 0 Å². The zero-order chi connectivity index (χ0) is 14.9. The van der Waals surface area contributed by atoms with Gasteiger partial charge in [-0.15, -0.1) is 0 Å². The maximum absolute atomic E-state index is 11.4. The van der Waals surface area contributed by atoms with E-state index in [9.17, 15) is 14.7 Å². The van der Waals surface area contributed by atoms with Crippen molar-refractivity contribution < 1.29 is 14.7 Å². The lowest BCUT2D eigenvalue weighted by atomic mass is 10.2. The summed E-state index contributed by atoms with van der Waals surface area (Å²) in [4.78, 5) is 22.8. The van der Waals surface area contributed by atoms with Crippen LogP contribution in [0.1, 0.15) is 20.8 Å². The summed E-state index contributed by atoms with van der Waals surface area (Å²) in [6.07, 6.45) is 0. The number of carbonyl (C=O) groups excluding carboxylic acids is 1. The number of carboxylic acid groups (broad SMARTS) is 1. The minimum absolute atomic E-state index is 0.0641. The van der Waals surface area contributed by atoms with Crippen LogP contribution in [0.3, 0.4) is 0 Å². The number of amides is 1. The van der Waals surface area contributed by atoms with E-state index in [2.05, 4.69) is 15.9 Å². The van der Waals surface area contributed by atoms with Gasteiger partial charge < -0.3 is 10.8 Å². The van der Waals surface area contributed by atoms with E-state index in [1.54, 1.807) is 30.3 Å². The van der Waals surface area contributed by atoms with E-state index in [0.29, 0.717) is 5.69 Å². The van der Waals surface area contributed by atoms with Gasteiger partial charge in [0, 0.05) is 5.69 Å². The van der Waals surface area contributed by atoms with Gasteiger partial charge in [-0.2, -0.15) is 0 Å². The molecule has 102 valence electrons. The van der Waals surface area contributed by atoms with Crippen molar-refractivity contribution in [3.05, 3.63) is 57.6 Å². The van der Waals surface area contributed by atoms with Crippen LogP contribution in [-0.2, 0) is 0 Å². The second kappa shape index (κ2) is 5.30. The van der Waals surface area contributed by atoms with Gasteiger partial charge in [-0.05, 0) is 34.1 Å². The number of aromatic nitrogens is 1. The monoisotopic (exact) mass is 335 g/mol. The Bertz CT molecular complexity index is 753. The molecular weight excluding hydrogens is 326 g/mol. The van der Waals surface area contributed by atoms with Crippen molar-refractivity contribution in [1.29, 1.82) is 5.41 Å². The first-order valence-corrected chi connectivity index (χ1v) is 6.31. The molecule has 4 N–H and O–H groups in total. The number of pyridine rings is 1. The van der Waals surface area contributed by atoms with Crippen LogP contribution in [0.5, 0.6) is 0 Å². The second-order valence-electron chi connectivity index (χ2n) is 3.94. The van der Waals surface area contributed by atoms with Crippen LogP contribution in [0.25, 0.3) is 5.69 Å². The maximum Gasteiger partial charge on any atom is 0.354 e. The first-order valence-electron chi connectivity index (χ1n) is 5.52. The summed E-state index contributed by atoms with van der Waals surface area (Å²) in [5.41, 5.74) is 5.19. The lowest BCUT2D eigenvalue weighted by Crippen LogP contribution is -2.32. The summed E-state index contributed by atoms with van der Waals surface area (Å²) in [6.45, 7) is 0. The van der Waals surface area contributed by atoms with E-state index in [0.717, 1.165) is 4.57 Å². The van der Waals surface area contributed by atoms with Crippen LogP contribution in [-0.4, -0.2) is 21.6 Å². The Morgan fingerprint density at radius 1 is 1.25 bits per heavy atom. The van der Waals surface area contributed by atoms with Crippen molar-refractivity contribution in [2.75, 3.05) is 0 Å². The van der Waals surface area contributed by atoms with Crippen LogP contribution in [0.4, 0.5) is 0 Å². The molecule has 0 bridgehead atoms. The normalized spacial score (nSPS) is 10.2. The van der Waals surface area contributed by atoms with Crippen LogP contribution in [0, 0.1) is 5.41 Å². The molecule has 1 amide bonds. The minimum Gasteiger partial charge on any atom is -0.477 e. The Kier molecular flexibility index (Phi) is 3.71. The molecule has 1 aromatic carbocycles. The highest BCUT2D eigenvalue weighted by atomic mass is 79.9. The number of benzene rings is 1. The summed E-state index contributed by atoms with van der Waals surface area (Å²) in [6, 6.07) is 9.70. The van der Waals surface area contributed by atoms with E-state index in [1.807, 2.05) is 0 Å². The van der Waals surface area contributed by atoms with Crippen molar-refractivity contribution >= 4 is 27.8 Å². The summed E-state index contributed by atoms with van der Waals surface area (Å²) >= 11 is 3.11. The van der Waals surface area contributed by atoms with Crippen molar-refractivity contribution in [1.82, 2.24) is 4.57 Å². The minimum atomic E-state index is -1.22. The number of carboxylic acids is 1. The average molecular weight is 336 g/mol. The van der Waals surface area contributed by atoms with Crippen LogP contribution < -0.4 is 11.2 Å². The smallest absolute Gasteiger partial charge is 0.354 e. The number of carbonyl (C=O) groups is 2. The molecule has 0 unspecified atom stereocenters. The average Bonchev–Trinajstić information content (AvgIpc) is 2.40. The Labute approximate surface area is 122 Å². The molecule has 1 heterocycles. The first kappa shape index (κ1) is 14.0. The molecule has 0 saturated heterocycles. The quantitative estimate of drug-likeness (QED) is 0.790. The van der Waals surface area contributed by atoms with Gasteiger partial charge in [0.1, 0.15) is 11.2 Å². The fourth-order valence-electron chi connectivity index (χ4n) is 1.82. The lowest BCUT2D eigenvalue weighted by molar-refractivity contribution is 0.0684. The third kappa shape index (κ3) is 2.35. The molecule has 2 aromatic rings. The number of primary amides is 1. The predicted octanol–water partition coefficient (Wildman–Crippen LogP) is 1.52. The third-order valence-corrected chi connectivity index (χ3v) is 3.29. The zero-order valence-electron chi connectivity index (χ0n) is 10.1. The molecule has 0 saturated carbocycles. The largest absolute Gasteiger partial charge is 0.477 e. The summed E-state index contributed by atoms with van der Waals surface area (Å²) in [5, 5.41) is 17.3. The number of nitrogens with one attached hydrogen (secondary N) is 1. The number of rotatable bonds is 3. The van der Waals surface area contributed by atoms with Gasteiger partial charge in [-0.1, -0.05) is 18.2 Å². The Balaban J connectivity index is 2.92. The fourth-order valence-corrected chi connectivity index (χ4v) is 2.40. The molecular formula is C13H10BrN3O3. The molecule has 0 spiro atoms. The summed E-state index contributed by atoms with van der Waals surface area (Å²) in [5.74, 6) is -2.01. The van der Waals surface area contributed by atoms with E-state index < -0.39 is 11.9 Å². The molecule has 1 aromatic heterocycles. The van der Waals surface area contributed by atoms with Gasteiger partial charge in [0.05, 0.1) is 10.0 Å². The Morgan fingerprint density at radius 3 is 2.35 bits per heavy atom. The number of hydrogen-bond acceptors (Lipinski definition) is 3. The molecule has 6 nitrogen and oxygen atoms in total. The van der Waals surface area contributed by atoms with Gasteiger partial charge in [0.25, 0.3) is 5.91 Å². The van der Waals surface area contributed by atoms with Gasteiger partial charge in [-0.25, -0.2) is 4.79 Å². The predicted molar refractivity (Wildman–Crippen MR) is 74.8 cm³/mol. The number of nitrogens with zero attached hydrogens (tertiary/aromatic N) is 1.